The Balaban J connectivity index is 3.86. The molecule has 0 aromatic carbocycles. The zero-order valence-electron chi connectivity index (χ0n) is 56.5. The second-order valence-electron chi connectivity index (χ2n) is 24.1. The molecule has 0 aliphatic carbocycles. The third kappa shape index (κ3) is 71.6. The van der Waals surface area contributed by atoms with Crippen LogP contribution in [0.1, 0.15) is 335 Å². The predicted octanol–water partition coefficient (Wildman–Crippen LogP) is 24.1. The molecule has 502 valence electrons. The van der Waals surface area contributed by atoms with E-state index in [9.17, 15) is 19.0 Å². The number of carbonyl (C=O) groups is 2. The first kappa shape index (κ1) is 83.7. The summed E-state index contributed by atoms with van der Waals surface area (Å²) in [5.41, 5.74) is 5.41. The Kier molecular flexibility index (Phi) is 69.0. The molecule has 0 radical (unpaired) electrons. The van der Waals surface area contributed by atoms with Crippen molar-refractivity contribution in [2.45, 2.75) is 341 Å². The number of esters is 2. The van der Waals surface area contributed by atoms with Crippen molar-refractivity contribution in [2.75, 3.05) is 26.4 Å². The van der Waals surface area contributed by atoms with Gasteiger partial charge in [0.2, 0.25) is 0 Å². The number of rotatable bonds is 68. The minimum Gasteiger partial charge on any atom is -0.462 e. The van der Waals surface area contributed by atoms with E-state index in [4.69, 9.17) is 24.3 Å². The summed E-state index contributed by atoms with van der Waals surface area (Å²) in [6.07, 6.45) is 99.0. The molecule has 0 spiro atoms. The van der Waals surface area contributed by atoms with Crippen molar-refractivity contribution < 1.29 is 37.6 Å². The lowest BCUT2D eigenvalue weighted by molar-refractivity contribution is -0.161. The van der Waals surface area contributed by atoms with Gasteiger partial charge in [0.25, 0.3) is 0 Å². The van der Waals surface area contributed by atoms with Crippen molar-refractivity contribution in [1.29, 1.82) is 0 Å². The Hall–Kier alpha value is -3.33. The van der Waals surface area contributed by atoms with Crippen LogP contribution < -0.4 is 5.73 Å². The van der Waals surface area contributed by atoms with Crippen LogP contribution in [0.25, 0.3) is 0 Å². The number of allylic oxidation sites excluding steroid dienone is 18. The second kappa shape index (κ2) is 71.7. The predicted molar refractivity (Wildman–Crippen MR) is 376 cm³/mol. The summed E-state index contributed by atoms with van der Waals surface area (Å²) in [6, 6.07) is 0. The number of phosphoric acid groups is 1. The number of ether oxygens (including phenoxy) is 2. The number of hydrogen-bond donors (Lipinski definition) is 2. The highest BCUT2D eigenvalue weighted by Crippen LogP contribution is 2.43. The minimum absolute atomic E-state index is 0.0511. The molecular formula is C77H136NO8P. The molecule has 2 unspecified atom stereocenters. The zero-order valence-corrected chi connectivity index (χ0v) is 57.4. The average Bonchev–Trinajstić information content (AvgIpc) is 3.64. The van der Waals surface area contributed by atoms with Crippen LogP contribution >= 0.6 is 7.82 Å². The smallest absolute Gasteiger partial charge is 0.462 e. The van der Waals surface area contributed by atoms with Crippen molar-refractivity contribution in [3.63, 3.8) is 0 Å². The number of nitrogens with two attached hydrogens (primary N) is 1. The Bertz CT molecular complexity index is 1800. The summed E-state index contributed by atoms with van der Waals surface area (Å²) in [7, 11) is -4.40. The first-order valence-corrected chi connectivity index (χ1v) is 37.9. The van der Waals surface area contributed by atoms with E-state index >= 15 is 0 Å². The molecular weight excluding hydrogens is 1100 g/mol. The van der Waals surface area contributed by atoms with Gasteiger partial charge in [0.15, 0.2) is 6.10 Å². The molecule has 0 amide bonds. The van der Waals surface area contributed by atoms with Gasteiger partial charge in [-0.05, 0) is 103 Å². The second-order valence-corrected chi connectivity index (χ2v) is 25.5. The Labute approximate surface area is 537 Å². The van der Waals surface area contributed by atoms with E-state index in [-0.39, 0.29) is 38.6 Å². The first-order valence-electron chi connectivity index (χ1n) is 36.4. The van der Waals surface area contributed by atoms with Crippen LogP contribution in [-0.2, 0) is 32.7 Å². The minimum atomic E-state index is -4.40. The van der Waals surface area contributed by atoms with Crippen LogP contribution in [-0.4, -0.2) is 49.3 Å². The largest absolute Gasteiger partial charge is 0.472 e. The van der Waals surface area contributed by atoms with Crippen LogP contribution in [0.3, 0.4) is 0 Å². The Morgan fingerprint density at radius 3 is 0.943 bits per heavy atom. The van der Waals surface area contributed by atoms with Crippen molar-refractivity contribution in [1.82, 2.24) is 0 Å². The number of carbonyl (C=O) groups excluding carboxylic acids is 2. The lowest BCUT2D eigenvalue weighted by Gasteiger charge is -2.19. The highest BCUT2D eigenvalue weighted by molar-refractivity contribution is 7.47. The maximum absolute atomic E-state index is 12.8. The third-order valence-electron chi connectivity index (χ3n) is 15.6. The molecule has 3 N–H and O–H groups in total. The molecule has 9 nitrogen and oxygen atoms in total. The lowest BCUT2D eigenvalue weighted by Crippen LogP contribution is -2.29. The summed E-state index contributed by atoms with van der Waals surface area (Å²) in [5, 5.41) is 0. The van der Waals surface area contributed by atoms with E-state index in [2.05, 4.69) is 123 Å². The van der Waals surface area contributed by atoms with Gasteiger partial charge in [-0.3, -0.25) is 18.6 Å². The van der Waals surface area contributed by atoms with Crippen LogP contribution in [0, 0.1) is 0 Å². The molecule has 0 fully saturated rings. The van der Waals surface area contributed by atoms with Gasteiger partial charge in [-0.2, -0.15) is 0 Å². The van der Waals surface area contributed by atoms with Crippen LogP contribution in [0.4, 0.5) is 0 Å². The fourth-order valence-electron chi connectivity index (χ4n) is 10.3. The molecule has 0 aromatic heterocycles. The van der Waals surface area contributed by atoms with Gasteiger partial charge >= 0.3 is 19.8 Å². The highest BCUT2D eigenvalue weighted by atomic mass is 31.2. The quantitative estimate of drug-likeness (QED) is 0.0264. The molecule has 87 heavy (non-hydrogen) atoms. The van der Waals surface area contributed by atoms with E-state index in [0.717, 1.165) is 89.9 Å². The first-order chi connectivity index (χ1) is 42.8. The molecule has 0 aromatic rings. The molecule has 0 aliphatic heterocycles. The summed E-state index contributed by atoms with van der Waals surface area (Å²) >= 11 is 0. The van der Waals surface area contributed by atoms with Crippen LogP contribution in [0.15, 0.2) is 109 Å². The summed E-state index contributed by atoms with van der Waals surface area (Å²) in [4.78, 5) is 35.4. The molecule has 2 atom stereocenters. The molecule has 0 rings (SSSR count). The summed E-state index contributed by atoms with van der Waals surface area (Å²) in [6.45, 7) is 3.66. The van der Waals surface area contributed by atoms with Crippen molar-refractivity contribution in [2.24, 2.45) is 5.73 Å². The van der Waals surface area contributed by atoms with E-state index in [1.165, 1.54) is 212 Å². The molecule has 10 heteroatoms. The molecule has 0 aliphatic rings. The van der Waals surface area contributed by atoms with Gasteiger partial charge in [-0.1, -0.05) is 329 Å². The standard InChI is InChI=1S/C77H136NO8P/c1-3-5-7-9-11-13-15-17-19-21-23-25-27-29-31-33-35-36-37-38-40-42-44-46-48-50-52-54-56-58-60-62-64-66-68-70-77(80)86-75(74-85-87(81,82)84-72-71-78)73-83-76(79)69-67-65-63-61-59-57-55-53-51-49-47-45-43-41-39-34-32-30-28-26-24-22-20-18-16-14-12-10-8-6-4-2/h5,7,11,13,16-19,22-25,28-31,35-36,75H,3-4,6,8-10,12,14-15,20-21,26-27,32-34,37-74,78H2,1-2H3,(H,81,82)/b7-5-,13-11-,18-16-,19-17-,24-22-,25-23-,30-28-,31-29-,36-35-. The van der Waals surface area contributed by atoms with Crippen LogP contribution in [0.2, 0.25) is 0 Å². The number of phosphoric ester groups is 1. The maximum atomic E-state index is 12.8. The lowest BCUT2D eigenvalue weighted by atomic mass is 10.0. The fourth-order valence-corrected chi connectivity index (χ4v) is 11.1. The van der Waals surface area contributed by atoms with Gasteiger partial charge in [-0.15, -0.1) is 0 Å². The number of hydrogen-bond acceptors (Lipinski definition) is 8. The molecule has 0 heterocycles. The van der Waals surface area contributed by atoms with Crippen molar-refractivity contribution in [3.05, 3.63) is 109 Å². The molecule has 0 saturated carbocycles. The van der Waals surface area contributed by atoms with Gasteiger partial charge in [0, 0.05) is 19.4 Å². The van der Waals surface area contributed by atoms with Gasteiger partial charge < -0.3 is 20.1 Å². The highest BCUT2D eigenvalue weighted by Gasteiger charge is 2.26. The van der Waals surface area contributed by atoms with Gasteiger partial charge in [0.05, 0.1) is 13.2 Å². The maximum Gasteiger partial charge on any atom is 0.472 e. The SMILES string of the molecule is CC/C=C\C/C=C\C/C=C\C/C=C\C/C=C\C/C=C\CCCCCCCCCCCCCCCCCCC(=O)OC(COC(=O)CCCCCCCCCCCCCCCCCC/C=C\C/C=C\C/C=C\CCCCCCC)COP(=O)(O)OCCN. The summed E-state index contributed by atoms with van der Waals surface area (Å²) in [5.74, 6) is -0.818. The number of unbranched alkanes of at least 4 members (excludes halogenated alkanes) is 37. The van der Waals surface area contributed by atoms with E-state index < -0.39 is 26.5 Å². The molecule has 0 saturated heterocycles. The molecule has 0 bridgehead atoms. The normalized spacial score (nSPS) is 13.6. The van der Waals surface area contributed by atoms with Gasteiger partial charge in [0.1, 0.15) is 6.61 Å². The van der Waals surface area contributed by atoms with Crippen molar-refractivity contribution in [3.8, 4) is 0 Å². The van der Waals surface area contributed by atoms with Gasteiger partial charge in [-0.25, -0.2) is 4.57 Å². The topological polar surface area (TPSA) is 134 Å². The zero-order chi connectivity index (χ0) is 63.0. The third-order valence-corrected chi connectivity index (χ3v) is 16.6. The Morgan fingerprint density at radius 1 is 0.356 bits per heavy atom. The average molecular weight is 1230 g/mol. The van der Waals surface area contributed by atoms with E-state index in [0.29, 0.717) is 6.42 Å². The van der Waals surface area contributed by atoms with Crippen molar-refractivity contribution >= 4 is 19.8 Å². The fraction of sp³-hybridized carbons (Fsp3) is 0.740. The van der Waals surface area contributed by atoms with E-state index in [1.54, 1.807) is 0 Å². The monoisotopic (exact) mass is 1230 g/mol. The summed E-state index contributed by atoms with van der Waals surface area (Å²) < 4.78 is 33.2. The van der Waals surface area contributed by atoms with E-state index in [1.807, 2.05) is 0 Å². The Morgan fingerprint density at radius 2 is 0.632 bits per heavy atom. The van der Waals surface area contributed by atoms with Crippen LogP contribution in [0.5, 0.6) is 0 Å².